The van der Waals surface area contributed by atoms with Gasteiger partial charge in [0.2, 0.25) is 0 Å². The number of hydrogen-bond donors (Lipinski definition) is 1. The van der Waals surface area contributed by atoms with E-state index in [1.807, 2.05) is 34.9 Å². The van der Waals surface area contributed by atoms with Gasteiger partial charge in [-0.25, -0.2) is 0 Å². The zero-order valence-corrected chi connectivity index (χ0v) is 12.6. The van der Waals surface area contributed by atoms with Crippen molar-refractivity contribution in [3.05, 3.63) is 46.8 Å². The van der Waals surface area contributed by atoms with Crippen LogP contribution in [0.4, 0.5) is 0 Å². The van der Waals surface area contributed by atoms with Crippen LogP contribution in [-0.4, -0.2) is 17.7 Å². The van der Waals surface area contributed by atoms with Gasteiger partial charge in [0.15, 0.2) is 0 Å². The molecule has 0 aliphatic carbocycles. The second-order valence-electron chi connectivity index (χ2n) is 6.44. The van der Waals surface area contributed by atoms with Crippen molar-refractivity contribution >= 4 is 10.9 Å². The second kappa shape index (κ2) is 6.23. The monoisotopic (exact) mass is 272 g/mol. The number of aromatic nitrogens is 1. The highest BCUT2D eigenvalue weighted by Gasteiger charge is 2.08. The molecule has 108 valence electrons. The SMILES string of the molecule is CC(C)(C)CCNCCn1c(=O)ccc2ccccc21. The minimum atomic E-state index is 0.0707. The van der Waals surface area contributed by atoms with Crippen LogP contribution in [0.3, 0.4) is 0 Å². The molecule has 0 amide bonds. The van der Waals surface area contributed by atoms with Crippen LogP contribution in [0.1, 0.15) is 27.2 Å². The van der Waals surface area contributed by atoms with Crippen molar-refractivity contribution in [2.24, 2.45) is 5.41 Å². The highest BCUT2D eigenvalue weighted by atomic mass is 16.1. The van der Waals surface area contributed by atoms with E-state index in [0.29, 0.717) is 12.0 Å². The first-order valence-electron chi connectivity index (χ1n) is 7.27. The van der Waals surface area contributed by atoms with Crippen LogP contribution in [0.15, 0.2) is 41.2 Å². The number of benzene rings is 1. The zero-order valence-electron chi connectivity index (χ0n) is 12.6. The lowest BCUT2D eigenvalue weighted by molar-refractivity contribution is 0.365. The molecule has 0 bridgehead atoms. The molecule has 0 aliphatic rings. The number of para-hydroxylation sites is 1. The van der Waals surface area contributed by atoms with Crippen molar-refractivity contribution in [1.29, 1.82) is 0 Å². The van der Waals surface area contributed by atoms with Gasteiger partial charge in [0.25, 0.3) is 5.56 Å². The molecule has 0 spiro atoms. The van der Waals surface area contributed by atoms with Gasteiger partial charge < -0.3 is 9.88 Å². The summed E-state index contributed by atoms with van der Waals surface area (Å²) in [6.07, 6.45) is 1.14. The summed E-state index contributed by atoms with van der Waals surface area (Å²) in [6, 6.07) is 11.6. The largest absolute Gasteiger partial charge is 0.315 e. The van der Waals surface area contributed by atoms with E-state index >= 15 is 0 Å². The second-order valence-corrected chi connectivity index (χ2v) is 6.44. The van der Waals surface area contributed by atoms with Gasteiger partial charge in [-0.2, -0.15) is 0 Å². The van der Waals surface area contributed by atoms with Crippen molar-refractivity contribution in [1.82, 2.24) is 9.88 Å². The quantitative estimate of drug-likeness (QED) is 0.849. The highest BCUT2D eigenvalue weighted by Crippen LogP contribution is 2.16. The van der Waals surface area contributed by atoms with Crippen LogP contribution in [-0.2, 0) is 6.54 Å². The molecule has 0 aliphatic heterocycles. The lowest BCUT2D eigenvalue weighted by Gasteiger charge is -2.18. The van der Waals surface area contributed by atoms with E-state index < -0.39 is 0 Å². The summed E-state index contributed by atoms with van der Waals surface area (Å²) >= 11 is 0. The van der Waals surface area contributed by atoms with Gasteiger partial charge in [-0.05, 0) is 35.9 Å². The number of pyridine rings is 1. The summed E-state index contributed by atoms with van der Waals surface area (Å²) in [6.45, 7) is 9.25. The van der Waals surface area contributed by atoms with E-state index in [1.165, 1.54) is 0 Å². The standard InChI is InChI=1S/C17H24N2O/c1-17(2,3)10-11-18-12-13-19-15-7-5-4-6-14(15)8-9-16(19)20/h4-9,18H,10-13H2,1-3H3. The molecule has 0 saturated carbocycles. The van der Waals surface area contributed by atoms with E-state index in [-0.39, 0.29) is 5.56 Å². The molecule has 1 N–H and O–H groups in total. The number of hydrogen-bond acceptors (Lipinski definition) is 2. The van der Waals surface area contributed by atoms with Gasteiger partial charge in [-0.15, -0.1) is 0 Å². The summed E-state index contributed by atoms with van der Waals surface area (Å²) in [7, 11) is 0. The number of fused-ring (bicyclic) bond motifs is 1. The molecule has 0 fully saturated rings. The van der Waals surface area contributed by atoms with E-state index in [4.69, 9.17) is 0 Å². The minimum Gasteiger partial charge on any atom is -0.315 e. The van der Waals surface area contributed by atoms with Gasteiger partial charge in [0.1, 0.15) is 0 Å². The van der Waals surface area contributed by atoms with E-state index in [1.54, 1.807) is 6.07 Å². The molecule has 0 atom stereocenters. The minimum absolute atomic E-state index is 0.0707. The first-order valence-corrected chi connectivity index (χ1v) is 7.27. The normalized spacial score (nSPS) is 11.9. The van der Waals surface area contributed by atoms with Gasteiger partial charge in [0, 0.05) is 19.2 Å². The maximum atomic E-state index is 12.0. The third-order valence-electron chi connectivity index (χ3n) is 3.46. The molecule has 2 aromatic rings. The van der Waals surface area contributed by atoms with Crippen LogP contribution >= 0.6 is 0 Å². The van der Waals surface area contributed by atoms with Crippen molar-refractivity contribution in [3.63, 3.8) is 0 Å². The Morgan fingerprint density at radius 2 is 1.80 bits per heavy atom. The molecule has 0 saturated heterocycles. The Balaban J connectivity index is 2.00. The number of rotatable bonds is 5. The molecule has 1 aromatic carbocycles. The molecule has 20 heavy (non-hydrogen) atoms. The molecule has 2 rings (SSSR count). The Kier molecular flexibility index (Phi) is 4.61. The van der Waals surface area contributed by atoms with Crippen molar-refractivity contribution in [2.75, 3.05) is 13.1 Å². The van der Waals surface area contributed by atoms with Crippen LogP contribution in [0, 0.1) is 5.41 Å². The summed E-state index contributed by atoms with van der Waals surface area (Å²) < 4.78 is 1.85. The van der Waals surface area contributed by atoms with Crippen LogP contribution < -0.4 is 10.9 Å². The Labute approximate surface area is 120 Å². The summed E-state index contributed by atoms with van der Waals surface area (Å²) in [5, 5.41) is 4.54. The first-order chi connectivity index (χ1) is 9.47. The van der Waals surface area contributed by atoms with Crippen LogP contribution in [0.25, 0.3) is 10.9 Å². The molecule has 1 heterocycles. The Morgan fingerprint density at radius 3 is 2.55 bits per heavy atom. The Morgan fingerprint density at radius 1 is 1.05 bits per heavy atom. The molecule has 3 heteroatoms. The zero-order chi connectivity index (χ0) is 14.6. The molecule has 1 aromatic heterocycles. The third kappa shape index (κ3) is 3.94. The van der Waals surface area contributed by atoms with E-state index in [2.05, 4.69) is 26.1 Å². The van der Waals surface area contributed by atoms with E-state index in [9.17, 15) is 4.79 Å². The van der Waals surface area contributed by atoms with Gasteiger partial charge in [0.05, 0.1) is 5.52 Å². The smallest absolute Gasteiger partial charge is 0.251 e. The van der Waals surface area contributed by atoms with Gasteiger partial charge in [-0.1, -0.05) is 39.0 Å². The summed E-state index contributed by atoms with van der Waals surface area (Å²) in [5.74, 6) is 0. The molecule has 3 nitrogen and oxygen atoms in total. The average Bonchev–Trinajstić information content (AvgIpc) is 2.39. The first kappa shape index (κ1) is 14.8. The van der Waals surface area contributed by atoms with Crippen molar-refractivity contribution in [3.8, 4) is 0 Å². The van der Waals surface area contributed by atoms with Gasteiger partial charge in [-0.3, -0.25) is 4.79 Å². The molecular weight excluding hydrogens is 248 g/mol. The Bertz CT molecular complexity index is 623. The number of nitrogens with one attached hydrogen (secondary N) is 1. The molecular formula is C17H24N2O. The predicted octanol–water partition coefficient (Wildman–Crippen LogP) is 3.03. The topological polar surface area (TPSA) is 34.0 Å². The fraction of sp³-hybridized carbons (Fsp3) is 0.471. The molecule has 0 radical (unpaired) electrons. The average molecular weight is 272 g/mol. The summed E-state index contributed by atoms with van der Waals surface area (Å²) in [4.78, 5) is 12.0. The van der Waals surface area contributed by atoms with Crippen LogP contribution in [0.2, 0.25) is 0 Å². The van der Waals surface area contributed by atoms with E-state index in [0.717, 1.165) is 30.4 Å². The molecule has 0 unspecified atom stereocenters. The van der Waals surface area contributed by atoms with Crippen molar-refractivity contribution in [2.45, 2.75) is 33.7 Å². The fourth-order valence-corrected chi connectivity index (χ4v) is 2.25. The highest BCUT2D eigenvalue weighted by molar-refractivity contribution is 5.78. The van der Waals surface area contributed by atoms with Crippen LogP contribution in [0.5, 0.6) is 0 Å². The maximum Gasteiger partial charge on any atom is 0.251 e. The van der Waals surface area contributed by atoms with Crippen molar-refractivity contribution < 1.29 is 0 Å². The Hall–Kier alpha value is -1.61. The third-order valence-corrected chi connectivity index (χ3v) is 3.46. The lowest BCUT2D eigenvalue weighted by Crippen LogP contribution is -2.28. The lowest BCUT2D eigenvalue weighted by atomic mass is 9.92. The summed E-state index contributed by atoms with van der Waals surface area (Å²) in [5.41, 5.74) is 1.43. The fourth-order valence-electron chi connectivity index (χ4n) is 2.25. The van der Waals surface area contributed by atoms with Gasteiger partial charge >= 0.3 is 0 Å². The maximum absolute atomic E-state index is 12.0. The number of nitrogens with zero attached hydrogens (tertiary/aromatic N) is 1. The predicted molar refractivity (Wildman–Crippen MR) is 85.1 cm³/mol.